The van der Waals surface area contributed by atoms with Gasteiger partial charge in [0.05, 0.1) is 0 Å². The number of hydrogen-bond donors (Lipinski definition) is 1. The molecule has 2 heterocycles. The fourth-order valence-corrected chi connectivity index (χ4v) is 2.32. The molecule has 0 atom stereocenters. The second-order valence-corrected chi connectivity index (χ2v) is 5.02. The van der Waals surface area contributed by atoms with Crippen LogP contribution >= 0.6 is 0 Å². The molecule has 1 amide bonds. The van der Waals surface area contributed by atoms with Crippen LogP contribution in [0.1, 0.15) is 44.9 Å². The summed E-state index contributed by atoms with van der Waals surface area (Å²) in [4.78, 5) is 23.8. The molecular weight excluding hydrogens is 244 g/mol. The normalized spacial score (nSPS) is 14.8. The highest BCUT2D eigenvalue weighted by atomic mass is 16.2. The lowest BCUT2D eigenvalue weighted by Crippen LogP contribution is -2.34. The van der Waals surface area contributed by atoms with Crippen molar-refractivity contribution in [2.75, 3.05) is 6.54 Å². The molecule has 0 radical (unpaired) electrons. The molecule has 1 aliphatic heterocycles. The van der Waals surface area contributed by atoms with Gasteiger partial charge in [-0.15, -0.1) is 0 Å². The third kappa shape index (κ3) is 3.45. The van der Waals surface area contributed by atoms with Gasteiger partial charge in [-0.3, -0.25) is 9.36 Å². The van der Waals surface area contributed by atoms with E-state index < -0.39 is 0 Å². The highest BCUT2D eigenvalue weighted by molar-refractivity contribution is 5.75. The number of rotatable bonds is 5. The molecule has 0 fully saturated rings. The maximum atomic E-state index is 12.1. The van der Waals surface area contributed by atoms with E-state index in [-0.39, 0.29) is 18.1 Å². The van der Waals surface area contributed by atoms with E-state index in [9.17, 15) is 9.59 Å². The third-order valence-corrected chi connectivity index (χ3v) is 3.43. The molecule has 0 unspecified atom stereocenters. The fraction of sp³-hybridized carbons (Fsp3) is 0.769. The van der Waals surface area contributed by atoms with Gasteiger partial charge in [0.15, 0.2) is 0 Å². The molecule has 6 heteroatoms. The van der Waals surface area contributed by atoms with Gasteiger partial charge < -0.3 is 5.32 Å². The number of fused-ring (bicyclic) bond motifs is 1. The molecule has 1 aromatic rings. The maximum absolute atomic E-state index is 12.1. The molecule has 2 rings (SSSR count). The number of aryl methyl sites for hydroxylation is 1. The summed E-state index contributed by atoms with van der Waals surface area (Å²) in [5.74, 6) is 0.688. The summed E-state index contributed by atoms with van der Waals surface area (Å²) >= 11 is 0. The van der Waals surface area contributed by atoms with Crippen molar-refractivity contribution in [3.05, 3.63) is 16.3 Å². The Kier molecular flexibility index (Phi) is 4.76. The SMILES string of the molecule is CCCCNC(=O)Cn1nc2n(c1=O)CCCCC2. The van der Waals surface area contributed by atoms with E-state index in [1.807, 2.05) is 0 Å². The van der Waals surface area contributed by atoms with Gasteiger partial charge in [-0.2, -0.15) is 5.10 Å². The van der Waals surface area contributed by atoms with E-state index in [4.69, 9.17) is 0 Å². The Hall–Kier alpha value is -1.59. The maximum Gasteiger partial charge on any atom is 0.346 e. The summed E-state index contributed by atoms with van der Waals surface area (Å²) in [5.41, 5.74) is -0.150. The quantitative estimate of drug-likeness (QED) is 0.797. The predicted octanol–water partition coefficient (Wildman–Crippen LogP) is 0.687. The topological polar surface area (TPSA) is 68.9 Å². The van der Waals surface area contributed by atoms with Gasteiger partial charge in [0.25, 0.3) is 0 Å². The van der Waals surface area contributed by atoms with Crippen LogP contribution in [0, 0.1) is 0 Å². The fourth-order valence-electron chi connectivity index (χ4n) is 2.32. The zero-order valence-corrected chi connectivity index (χ0v) is 11.5. The number of nitrogens with zero attached hydrogens (tertiary/aromatic N) is 3. The van der Waals surface area contributed by atoms with Crippen LogP contribution in [-0.2, 0) is 24.3 Å². The second kappa shape index (κ2) is 6.54. The van der Waals surface area contributed by atoms with E-state index >= 15 is 0 Å². The highest BCUT2D eigenvalue weighted by Crippen LogP contribution is 2.09. The number of amides is 1. The van der Waals surface area contributed by atoms with Crippen LogP contribution in [0.15, 0.2) is 4.79 Å². The van der Waals surface area contributed by atoms with Crippen molar-refractivity contribution in [2.45, 2.75) is 58.5 Å². The van der Waals surface area contributed by atoms with Crippen molar-refractivity contribution in [1.29, 1.82) is 0 Å². The summed E-state index contributed by atoms with van der Waals surface area (Å²) in [6.07, 6.45) is 6.06. The lowest BCUT2D eigenvalue weighted by molar-refractivity contribution is -0.121. The van der Waals surface area contributed by atoms with Crippen LogP contribution < -0.4 is 11.0 Å². The molecule has 0 saturated heterocycles. The monoisotopic (exact) mass is 266 g/mol. The molecule has 0 aromatic carbocycles. The van der Waals surface area contributed by atoms with E-state index in [1.54, 1.807) is 4.57 Å². The Morgan fingerprint density at radius 2 is 2.21 bits per heavy atom. The van der Waals surface area contributed by atoms with E-state index in [1.165, 1.54) is 4.68 Å². The van der Waals surface area contributed by atoms with Gasteiger partial charge in [-0.05, 0) is 19.3 Å². The summed E-state index contributed by atoms with van der Waals surface area (Å²) in [5, 5.41) is 7.09. The molecular formula is C13H22N4O2. The number of nitrogens with one attached hydrogen (secondary N) is 1. The highest BCUT2D eigenvalue weighted by Gasteiger charge is 2.16. The Morgan fingerprint density at radius 1 is 1.37 bits per heavy atom. The Bertz CT molecular complexity index is 489. The second-order valence-electron chi connectivity index (χ2n) is 5.02. The Labute approximate surface area is 112 Å². The average molecular weight is 266 g/mol. The molecule has 1 N–H and O–H groups in total. The van der Waals surface area contributed by atoms with Crippen LogP contribution in [0.25, 0.3) is 0 Å². The molecule has 0 aliphatic carbocycles. The third-order valence-electron chi connectivity index (χ3n) is 3.43. The first kappa shape index (κ1) is 13.8. The Balaban J connectivity index is 2.01. The molecule has 1 aliphatic rings. The van der Waals surface area contributed by atoms with Crippen molar-refractivity contribution >= 4 is 5.91 Å². The van der Waals surface area contributed by atoms with Gasteiger partial charge in [0, 0.05) is 19.5 Å². The summed E-state index contributed by atoms with van der Waals surface area (Å²) in [7, 11) is 0. The van der Waals surface area contributed by atoms with E-state index in [0.717, 1.165) is 50.9 Å². The van der Waals surface area contributed by atoms with Crippen molar-refractivity contribution in [3.63, 3.8) is 0 Å². The lowest BCUT2D eigenvalue weighted by Gasteiger charge is -2.03. The van der Waals surface area contributed by atoms with Crippen molar-refractivity contribution in [2.24, 2.45) is 0 Å². The average Bonchev–Trinajstić information content (AvgIpc) is 2.57. The van der Waals surface area contributed by atoms with Crippen molar-refractivity contribution < 1.29 is 4.79 Å². The van der Waals surface area contributed by atoms with Crippen molar-refractivity contribution in [1.82, 2.24) is 19.7 Å². The summed E-state index contributed by atoms with van der Waals surface area (Å²) < 4.78 is 3.01. The first-order valence-electron chi connectivity index (χ1n) is 7.15. The number of hydrogen-bond acceptors (Lipinski definition) is 3. The standard InChI is InChI=1S/C13H22N4O2/c1-2-3-8-14-12(18)10-17-13(19)16-9-6-4-5-7-11(16)15-17/h2-10H2,1H3,(H,14,18). The smallest absolute Gasteiger partial charge is 0.346 e. The van der Waals surface area contributed by atoms with Gasteiger partial charge in [-0.25, -0.2) is 9.48 Å². The van der Waals surface area contributed by atoms with E-state index in [2.05, 4.69) is 17.3 Å². The van der Waals surface area contributed by atoms with E-state index in [0.29, 0.717) is 6.54 Å². The van der Waals surface area contributed by atoms with Gasteiger partial charge in [0.1, 0.15) is 12.4 Å². The summed E-state index contributed by atoms with van der Waals surface area (Å²) in [6.45, 7) is 3.49. The number of aromatic nitrogens is 3. The summed E-state index contributed by atoms with van der Waals surface area (Å²) in [6, 6.07) is 0. The minimum absolute atomic E-state index is 0.0303. The minimum Gasteiger partial charge on any atom is -0.354 e. The van der Waals surface area contributed by atoms with Crippen LogP contribution in [0.5, 0.6) is 0 Å². The molecule has 106 valence electrons. The minimum atomic E-state index is -0.150. The van der Waals surface area contributed by atoms with Crippen LogP contribution in [0.4, 0.5) is 0 Å². The molecule has 6 nitrogen and oxygen atoms in total. The molecule has 19 heavy (non-hydrogen) atoms. The van der Waals surface area contributed by atoms with Crippen LogP contribution in [0.2, 0.25) is 0 Å². The zero-order chi connectivity index (χ0) is 13.7. The molecule has 1 aromatic heterocycles. The first-order chi connectivity index (χ1) is 9.22. The van der Waals surface area contributed by atoms with Crippen molar-refractivity contribution in [3.8, 4) is 0 Å². The number of carbonyl (C=O) groups is 1. The zero-order valence-electron chi connectivity index (χ0n) is 11.5. The van der Waals surface area contributed by atoms with Crippen LogP contribution in [0.3, 0.4) is 0 Å². The Morgan fingerprint density at radius 3 is 3.00 bits per heavy atom. The largest absolute Gasteiger partial charge is 0.354 e. The van der Waals surface area contributed by atoms with Gasteiger partial charge in [-0.1, -0.05) is 19.8 Å². The first-order valence-corrected chi connectivity index (χ1v) is 7.15. The molecule has 0 bridgehead atoms. The lowest BCUT2D eigenvalue weighted by atomic mass is 10.2. The van der Waals surface area contributed by atoms with Gasteiger partial charge in [0.2, 0.25) is 5.91 Å². The van der Waals surface area contributed by atoms with Crippen LogP contribution in [-0.4, -0.2) is 26.8 Å². The number of carbonyl (C=O) groups excluding carboxylic acids is 1. The predicted molar refractivity (Wildman–Crippen MR) is 72.0 cm³/mol. The van der Waals surface area contributed by atoms with Gasteiger partial charge >= 0.3 is 5.69 Å². The molecule has 0 spiro atoms. The number of unbranched alkanes of at least 4 members (excludes halogenated alkanes) is 1. The molecule has 0 saturated carbocycles.